The van der Waals surface area contributed by atoms with Crippen LogP contribution in [0, 0.1) is 6.92 Å². The number of nitrogens with zero attached hydrogens (tertiary/aromatic N) is 2. The molecule has 1 aromatic heterocycles. The largest absolute Gasteiger partial charge is 0.481 e. The number of carboxylic acids is 1. The number of halogens is 3. The summed E-state index contributed by atoms with van der Waals surface area (Å²) in [4.78, 5) is 26.2. The molecule has 2 aromatic rings. The zero-order chi connectivity index (χ0) is 17.9. The number of nitrogens with one attached hydrogen (secondary N) is 1. The van der Waals surface area contributed by atoms with Crippen molar-refractivity contribution >= 4 is 11.9 Å². The summed E-state index contributed by atoms with van der Waals surface area (Å²) in [5.41, 5.74) is -1.37. The first-order chi connectivity index (χ1) is 11.2. The highest BCUT2D eigenvalue weighted by atomic mass is 19.4. The number of hydrogen-bond acceptors (Lipinski definition) is 5. The van der Waals surface area contributed by atoms with Gasteiger partial charge >= 0.3 is 12.1 Å². The van der Waals surface area contributed by atoms with Crippen molar-refractivity contribution in [2.45, 2.75) is 19.5 Å². The van der Waals surface area contributed by atoms with Crippen LogP contribution in [-0.4, -0.2) is 33.7 Å². The molecule has 7 nitrogen and oxygen atoms in total. The van der Waals surface area contributed by atoms with E-state index in [0.29, 0.717) is 6.07 Å². The van der Waals surface area contributed by atoms with Gasteiger partial charge in [-0.3, -0.25) is 9.59 Å². The Hall–Kier alpha value is -2.91. The standard InChI is InChI=1S/C14H12F3N3O4/c1-7-19-12(20-24-7)8-4-9(6-10(5-8)14(15,16)17)13(23)18-3-2-11(21)22/h4-6H,2-3H2,1H3,(H,18,23)(H,21,22). The van der Waals surface area contributed by atoms with E-state index in [0.717, 1.165) is 6.07 Å². The minimum absolute atomic E-state index is 0.0370. The van der Waals surface area contributed by atoms with E-state index in [2.05, 4.69) is 15.5 Å². The highest BCUT2D eigenvalue weighted by Gasteiger charge is 2.32. The molecule has 2 N–H and O–H groups in total. The van der Waals surface area contributed by atoms with Gasteiger partial charge in [0.2, 0.25) is 11.7 Å². The summed E-state index contributed by atoms with van der Waals surface area (Å²) in [6.07, 6.45) is -5.02. The fourth-order valence-electron chi connectivity index (χ4n) is 1.85. The lowest BCUT2D eigenvalue weighted by Gasteiger charge is -2.11. The highest BCUT2D eigenvalue weighted by molar-refractivity contribution is 5.95. The Morgan fingerprint density at radius 2 is 2.00 bits per heavy atom. The third kappa shape index (κ3) is 4.31. The van der Waals surface area contributed by atoms with Crippen molar-refractivity contribution in [1.82, 2.24) is 15.5 Å². The molecule has 1 amide bonds. The van der Waals surface area contributed by atoms with E-state index in [1.165, 1.54) is 13.0 Å². The Morgan fingerprint density at radius 1 is 1.29 bits per heavy atom. The van der Waals surface area contributed by atoms with Crippen LogP contribution in [0.3, 0.4) is 0 Å². The molecule has 10 heteroatoms. The first kappa shape index (κ1) is 17.4. The molecular formula is C14H12F3N3O4. The average molecular weight is 343 g/mol. The van der Waals surface area contributed by atoms with Crippen molar-refractivity contribution in [2.24, 2.45) is 0 Å². The normalized spacial score (nSPS) is 11.3. The van der Waals surface area contributed by atoms with Gasteiger partial charge in [-0.2, -0.15) is 18.2 Å². The number of alkyl halides is 3. The van der Waals surface area contributed by atoms with E-state index in [9.17, 15) is 22.8 Å². The Balaban J connectivity index is 2.36. The molecule has 0 aliphatic carbocycles. The van der Waals surface area contributed by atoms with Crippen molar-refractivity contribution in [3.05, 3.63) is 35.2 Å². The summed E-state index contributed by atoms with van der Waals surface area (Å²) in [6.45, 7) is 1.27. The van der Waals surface area contributed by atoms with E-state index in [-0.39, 0.29) is 35.8 Å². The molecule has 1 aromatic carbocycles. The Morgan fingerprint density at radius 3 is 2.54 bits per heavy atom. The molecule has 1 heterocycles. The van der Waals surface area contributed by atoms with Crippen molar-refractivity contribution in [3.63, 3.8) is 0 Å². The molecule has 0 atom stereocenters. The average Bonchev–Trinajstić information content (AvgIpc) is 2.92. The number of rotatable bonds is 5. The summed E-state index contributed by atoms with van der Waals surface area (Å²) < 4.78 is 43.8. The molecule has 0 unspecified atom stereocenters. The Labute approximate surface area is 133 Å². The molecule has 128 valence electrons. The van der Waals surface area contributed by atoms with Crippen molar-refractivity contribution < 1.29 is 32.4 Å². The van der Waals surface area contributed by atoms with Crippen LogP contribution < -0.4 is 5.32 Å². The molecule has 0 aliphatic heterocycles. The van der Waals surface area contributed by atoms with Gasteiger partial charge in [-0.05, 0) is 18.2 Å². The molecule has 0 spiro atoms. The second-order valence-electron chi connectivity index (χ2n) is 4.83. The van der Waals surface area contributed by atoms with Gasteiger partial charge in [0.25, 0.3) is 5.91 Å². The highest BCUT2D eigenvalue weighted by Crippen LogP contribution is 2.32. The number of hydrogen-bond donors (Lipinski definition) is 2. The van der Waals surface area contributed by atoms with Crippen LogP contribution in [0.1, 0.15) is 28.2 Å². The number of carbonyl (C=O) groups excluding carboxylic acids is 1. The fourth-order valence-corrected chi connectivity index (χ4v) is 1.85. The maximum absolute atomic E-state index is 13.0. The van der Waals surface area contributed by atoms with Crippen molar-refractivity contribution in [1.29, 1.82) is 0 Å². The van der Waals surface area contributed by atoms with Crippen LogP contribution in [0.25, 0.3) is 11.4 Å². The molecule has 0 fully saturated rings. The minimum Gasteiger partial charge on any atom is -0.481 e. The summed E-state index contributed by atoms with van der Waals surface area (Å²) in [7, 11) is 0. The van der Waals surface area contributed by atoms with Crippen LogP contribution in [0.5, 0.6) is 0 Å². The second kappa shape index (κ2) is 6.69. The molecule has 0 aliphatic rings. The first-order valence-electron chi connectivity index (χ1n) is 6.70. The SMILES string of the molecule is Cc1nc(-c2cc(C(=O)NCCC(=O)O)cc(C(F)(F)F)c2)no1. The van der Waals surface area contributed by atoms with Crippen LogP contribution >= 0.6 is 0 Å². The first-order valence-corrected chi connectivity index (χ1v) is 6.70. The lowest BCUT2D eigenvalue weighted by Crippen LogP contribution is -2.26. The maximum atomic E-state index is 13.0. The molecule has 24 heavy (non-hydrogen) atoms. The van der Waals surface area contributed by atoms with Gasteiger partial charge in [-0.15, -0.1) is 0 Å². The van der Waals surface area contributed by atoms with Gasteiger partial charge in [0, 0.05) is 24.6 Å². The third-order valence-corrected chi connectivity index (χ3v) is 2.93. The minimum atomic E-state index is -4.68. The summed E-state index contributed by atoms with van der Waals surface area (Å²) >= 11 is 0. The summed E-state index contributed by atoms with van der Waals surface area (Å²) in [6, 6.07) is 2.65. The van der Waals surface area contributed by atoms with Gasteiger partial charge in [-0.1, -0.05) is 5.16 Å². The predicted molar refractivity (Wildman–Crippen MR) is 74.1 cm³/mol. The lowest BCUT2D eigenvalue weighted by atomic mass is 10.0. The number of benzene rings is 1. The molecular weight excluding hydrogens is 331 g/mol. The topological polar surface area (TPSA) is 105 Å². The summed E-state index contributed by atoms with van der Waals surface area (Å²) in [5.74, 6) is -1.89. The summed E-state index contributed by atoms with van der Waals surface area (Å²) in [5, 5.41) is 14.3. The third-order valence-electron chi connectivity index (χ3n) is 2.93. The number of aryl methyl sites for hydroxylation is 1. The zero-order valence-corrected chi connectivity index (χ0v) is 12.3. The lowest BCUT2D eigenvalue weighted by molar-refractivity contribution is -0.138. The van der Waals surface area contributed by atoms with Crippen LogP contribution in [0.2, 0.25) is 0 Å². The van der Waals surface area contributed by atoms with E-state index < -0.39 is 23.6 Å². The van der Waals surface area contributed by atoms with E-state index in [4.69, 9.17) is 9.63 Å². The fraction of sp³-hybridized carbons (Fsp3) is 0.286. The van der Waals surface area contributed by atoms with Crippen LogP contribution in [0.4, 0.5) is 13.2 Å². The molecule has 2 rings (SSSR count). The number of amides is 1. The zero-order valence-electron chi connectivity index (χ0n) is 12.3. The van der Waals surface area contributed by atoms with Gasteiger partial charge in [0.1, 0.15) is 0 Å². The molecule has 0 saturated heterocycles. The number of aromatic nitrogens is 2. The van der Waals surface area contributed by atoms with Crippen LogP contribution in [0.15, 0.2) is 22.7 Å². The predicted octanol–water partition coefficient (Wildman–Crippen LogP) is 2.27. The molecule has 0 radical (unpaired) electrons. The van der Waals surface area contributed by atoms with Gasteiger partial charge < -0.3 is 14.9 Å². The number of carbonyl (C=O) groups is 2. The van der Waals surface area contributed by atoms with Crippen molar-refractivity contribution in [3.8, 4) is 11.4 Å². The Bertz CT molecular complexity index is 771. The van der Waals surface area contributed by atoms with Crippen molar-refractivity contribution in [2.75, 3.05) is 6.54 Å². The van der Waals surface area contributed by atoms with E-state index in [1.54, 1.807) is 0 Å². The van der Waals surface area contributed by atoms with E-state index in [1.807, 2.05) is 0 Å². The number of aliphatic carboxylic acids is 1. The molecule has 0 saturated carbocycles. The quantitative estimate of drug-likeness (QED) is 0.863. The second-order valence-corrected chi connectivity index (χ2v) is 4.83. The molecule has 0 bridgehead atoms. The van der Waals surface area contributed by atoms with Gasteiger partial charge in [0.05, 0.1) is 12.0 Å². The smallest absolute Gasteiger partial charge is 0.416 e. The van der Waals surface area contributed by atoms with E-state index >= 15 is 0 Å². The van der Waals surface area contributed by atoms with Gasteiger partial charge in [-0.25, -0.2) is 0 Å². The van der Waals surface area contributed by atoms with Crippen LogP contribution in [-0.2, 0) is 11.0 Å². The number of carboxylic acid groups (broad SMARTS) is 1. The maximum Gasteiger partial charge on any atom is 0.416 e. The Kier molecular flexibility index (Phi) is 4.86. The van der Waals surface area contributed by atoms with Gasteiger partial charge in [0.15, 0.2) is 0 Å². The monoisotopic (exact) mass is 343 g/mol.